The van der Waals surface area contributed by atoms with Gasteiger partial charge in [-0.05, 0) is 30.4 Å². The van der Waals surface area contributed by atoms with Gasteiger partial charge in [-0.2, -0.15) is 0 Å². The van der Waals surface area contributed by atoms with E-state index in [9.17, 15) is 14.7 Å². The number of hydrogen-bond acceptors (Lipinski definition) is 4. The molecular formula is C20H23N3O4. The monoisotopic (exact) mass is 369 g/mol. The van der Waals surface area contributed by atoms with Gasteiger partial charge >= 0.3 is 5.97 Å². The van der Waals surface area contributed by atoms with E-state index in [1.165, 1.54) is 0 Å². The van der Waals surface area contributed by atoms with Crippen LogP contribution in [-0.2, 0) is 28.6 Å². The Morgan fingerprint density at radius 1 is 1.30 bits per heavy atom. The normalized spacial score (nSPS) is 21.1. The molecule has 1 aromatic heterocycles. The number of imidazole rings is 1. The smallest absolute Gasteiger partial charge is 0.305 e. The van der Waals surface area contributed by atoms with Crippen molar-refractivity contribution in [3.63, 3.8) is 0 Å². The van der Waals surface area contributed by atoms with Crippen molar-refractivity contribution >= 4 is 11.9 Å². The summed E-state index contributed by atoms with van der Waals surface area (Å²) in [5.41, 5.74) is 2.35. The lowest BCUT2D eigenvalue weighted by Gasteiger charge is -2.47. The standard InChI is InChI=1S/C20H23N3O4/c1-22-13-21-12-17(22)19(26)23-8-6-20(7-9-23)16-5-3-2-4-14(16)10-15(27-20)11-18(24)25/h2-5,12-13,15H,6-11H2,1H3,(H,24,25). The molecule has 142 valence electrons. The van der Waals surface area contributed by atoms with Crippen LogP contribution in [0.15, 0.2) is 36.8 Å². The Balaban J connectivity index is 1.56. The lowest BCUT2D eigenvalue weighted by Crippen LogP contribution is -2.50. The quantitative estimate of drug-likeness (QED) is 0.894. The molecule has 7 nitrogen and oxygen atoms in total. The summed E-state index contributed by atoms with van der Waals surface area (Å²) >= 11 is 0. The van der Waals surface area contributed by atoms with Crippen LogP contribution in [0.4, 0.5) is 0 Å². The molecule has 1 N–H and O–H groups in total. The number of fused-ring (bicyclic) bond motifs is 2. The van der Waals surface area contributed by atoms with Crippen LogP contribution < -0.4 is 0 Å². The first-order chi connectivity index (χ1) is 13.0. The third-order valence-corrected chi connectivity index (χ3v) is 5.64. The second-order valence-corrected chi connectivity index (χ2v) is 7.38. The third-order valence-electron chi connectivity index (χ3n) is 5.64. The van der Waals surface area contributed by atoms with Crippen LogP contribution in [0.2, 0.25) is 0 Å². The Labute approximate surface area is 157 Å². The topological polar surface area (TPSA) is 84.7 Å². The van der Waals surface area contributed by atoms with E-state index in [1.807, 2.05) is 24.1 Å². The predicted molar refractivity (Wildman–Crippen MR) is 97.3 cm³/mol. The Morgan fingerprint density at radius 3 is 2.70 bits per heavy atom. The highest BCUT2D eigenvalue weighted by Gasteiger charge is 2.44. The number of amides is 1. The van der Waals surface area contributed by atoms with Crippen molar-refractivity contribution in [1.82, 2.24) is 14.5 Å². The van der Waals surface area contributed by atoms with Crippen molar-refractivity contribution in [2.45, 2.75) is 37.4 Å². The van der Waals surface area contributed by atoms with Crippen LogP contribution in [0.25, 0.3) is 0 Å². The number of likely N-dealkylation sites (tertiary alicyclic amines) is 1. The number of carboxylic acids is 1. The number of aromatic nitrogens is 2. The zero-order valence-electron chi connectivity index (χ0n) is 15.3. The Morgan fingerprint density at radius 2 is 2.04 bits per heavy atom. The molecule has 0 aliphatic carbocycles. The molecule has 1 spiro atoms. The Hall–Kier alpha value is -2.67. The molecule has 1 aromatic carbocycles. The summed E-state index contributed by atoms with van der Waals surface area (Å²) in [7, 11) is 1.81. The molecule has 1 amide bonds. The number of rotatable bonds is 3. The van der Waals surface area contributed by atoms with Gasteiger partial charge in [-0.1, -0.05) is 24.3 Å². The maximum Gasteiger partial charge on any atom is 0.305 e. The van der Waals surface area contributed by atoms with Crippen LogP contribution in [0.3, 0.4) is 0 Å². The summed E-state index contributed by atoms with van der Waals surface area (Å²) in [6.07, 6.45) is 4.79. The summed E-state index contributed by atoms with van der Waals surface area (Å²) < 4.78 is 8.08. The second kappa shape index (κ2) is 6.81. The molecule has 0 bridgehead atoms. The summed E-state index contributed by atoms with van der Waals surface area (Å²) in [4.78, 5) is 29.8. The van der Waals surface area contributed by atoms with Gasteiger partial charge in [0.2, 0.25) is 0 Å². The van der Waals surface area contributed by atoms with E-state index in [2.05, 4.69) is 17.1 Å². The number of piperidine rings is 1. The molecule has 27 heavy (non-hydrogen) atoms. The van der Waals surface area contributed by atoms with Gasteiger partial charge in [-0.15, -0.1) is 0 Å². The zero-order chi connectivity index (χ0) is 19.0. The number of aryl methyl sites for hydroxylation is 1. The Kier molecular flexibility index (Phi) is 4.47. The highest BCUT2D eigenvalue weighted by atomic mass is 16.5. The molecule has 1 fully saturated rings. The summed E-state index contributed by atoms with van der Waals surface area (Å²) in [5, 5.41) is 9.21. The minimum atomic E-state index is -0.849. The van der Waals surface area contributed by atoms with E-state index in [0.717, 1.165) is 11.1 Å². The van der Waals surface area contributed by atoms with Crippen molar-refractivity contribution in [3.05, 3.63) is 53.6 Å². The molecule has 7 heteroatoms. The van der Waals surface area contributed by atoms with Gasteiger partial charge in [-0.3, -0.25) is 9.59 Å². The lowest BCUT2D eigenvalue weighted by molar-refractivity contribution is -0.157. The first kappa shape index (κ1) is 17.7. The molecule has 1 saturated heterocycles. The van der Waals surface area contributed by atoms with E-state index in [1.54, 1.807) is 17.1 Å². The summed E-state index contributed by atoms with van der Waals surface area (Å²) in [5.74, 6) is -0.880. The molecule has 3 heterocycles. The van der Waals surface area contributed by atoms with Crippen molar-refractivity contribution in [2.24, 2.45) is 7.05 Å². The zero-order valence-corrected chi connectivity index (χ0v) is 15.3. The maximum absolute atomic E-state index is 12.8. The lowest BCUT2D eigenvalue weighted by atomic mass is 9.78. The van der Waals surface area contributed by atoms with Gasteiger partial charge < -0.3 is 19.3 Å². The van der Waals surface area contributed by atoms with E-state index < -0.39 is 11.6 Å². The van der Waals surface area contributed by atoms with Crippen LogP contribution in [0.1, 0.15) is 40.9 Å². The molecule has 4 rings (SSSR count). The predicted octanol–water partition coefficient (Wildman–Crippen LogP) is 1.97. The van der Waals surface area contributed by atoms with E-state index in [4.69, 9.17) is 4.74 Å². The number of ether oxygens (including phenoxy) is 1. The van der Waals surface area contributed by atoms with Gasteiger partial charge in [0.25, 0.3) is 5.91 Å². The van der Waals surface area contributed by atoms with Crippen molar-refractivity contribution < 1.29 is 19.4 Å². The highest BCUT2D eigenvalue weighted by Crippen LogP contribution is 2.44. The number of benzene rings is 1. The largest absolute Gasteiger partial charge is 0.481 e. The van der Waals surface area contributed by atoms with E-state index >= 15 is 0 Å². The molecule has 2 aliphatic rings. The number of carboxylic acid groups (broad SMARTS) is 1. The molecule has 0 radical (unpaired) electrons. The number of carbonyl (C=O) groups is 2. The van der Waals surface area contributed by atoms with Gasteiger partial charge in [-0.25, -0.2) is 4.98 Å². The van der Waals surface area contributed by atoms with E-state index in [-0.39, 0.29) is 18.4 Å². The molecule has 1 unspecified atom stereocenters. The average molecular weight is 369 g/mol. The van der Waals surface area contributed by atoms with Gasteiger partial charge in [0.1, 0.15) is 5.69 Å². The fourth-order valence-corrected chi connectivity index (χ4v) is 4.30. The highest BCUT2D eigenvalue weighted by molar-refractivity contribution is 5.92. The molecular weight excluding hydrogens is 346 g/mol. The molecule has 1 atom stereocenters. The van der Waals surface area contributed by atoms with Crippen LogP contribution in [-0.4, -0.2) is 50.6 Å². The average Bonchev–Trinajstić information content (AvgIpc) is 3.07. The number of hydrogen-bond donors (Lipinski definition) is 1. The molecule has 2 aliphatic heterocycles. The van der Waals surface area contributed by atoms with Crippen LogP contribution in [0, 0.1) is 0 Å². The second-order valence-electron chi connectivity index (χ2n) is 7.38. The van der Waals surface area contributed by atoms with Crippen molar-refractivity contribution in [1.29, 1.82) is 0 Å². The van der Waals surface area contributed by atoms with Gasteiger partial charge in [0, 0.05) is 20.1 Å². The van der Waals surface area contributed by atoms with Gasteiger partial charge in [0.05, 0.1) is 30.7 Å². The minimum Gasteiger partial charge on any atom is -0.481 e. The first-order valence-corrected chi connectivity index (χ1v) is 9.22. The van der Waals surface area contributed by atoms with Gasteiger partial charge in [0.15, 0.2) is 0 Å². The SMILES string of the molecule is Cn1cncc1C(=O)N1CCC2(CC1)OC(CC(=O)O)Cc1ccccc12. The number of aliphatic carboxylic acids is 1. The number of nitrogens with zero attached hydrogens (tertiary/aromatic N) is 3. The molecule has 0 saturated carbocycles. The van der Waals surface area contributed by atoms with Crippen molar-refractivity contribution in [3.8, 4) is 0 Å². The van der Waals surface area contributed by atoms with Crippen LogP contribution >= 0.6 is 0 Å². The number of carbonyl (C=O) groups excluding carboxylic acids is 1. The molecule has 2 aromatic rings. The van der Waals surface area contributed by atoms with Crippen molar-refractivity contribution in [2.75, 3.05) is 13.1 Å². The minimum absolute atomic E-state index is 0.00620. The van der Waals surface area contributed by atoms with E-state index in [0.29, 0.717) is 38.0 Å². The first-order valence-electron chi connectivity index (χ1n) is 9.22. The maximum atomic E-state index is 12.8. The fraction of sp³-hybridized carbons (Fsp3) is 0.450. The summed E-state index contributed by atoms with van der Waals surface area (Å²) in [6.45, 7) is 1.14. The summed E-state index contributed by atoms with van der Waals surface area (Å²) in [6, 6.07) is 8.11. The Bertz CT molecular complexity index is 868. The third kappa shape index (κ3) is 3.23. The fourth-order valence-electron chi connectivity index (χ4n) is 4.30. The van der Waals surface area contributed by atoms with Crippen LogP contribution in [0.5, 0.6) is 0 Å².